The average molecular weight is 217 g/mol. The quantitative estimate of drug-likeness (QED) is 0.600. The van der Waals surface area contributed by atoms with E-state index in [1.165, 1.54) is 6.21 Å². The minimum Gasteiger partial charge on any atom is -0.398 e. The number of hydrogen-bond donors (Lipinski definition) is 2. The number of nitrogen functional groups attached to an aromatic ring is 1. The Balaban J connectivity index is 2.50. The summed E-state index contributed by atoms with van der Waals surface area (Å²) >= 11 is 1.62. The van der Waals surface area contributed by atoms with E-state index in [1.54, 1.807) is 11.3 Å². The van der Waals surface area contributed by atoms with Crippen molar-refractivity contribution in [1.82, 2.24) is 4.98 Å². The highest BCUT2D eigenvalue weighted by Crippen LogP contribution is 2.24. The molecule has 3 nitrogen and oxygen atoms in total. The number of aromatic nitrogens is 1. The molecule has 0 radical (unpaired) electrons. The minimum absolute atomic E-state index is 0.626. The highest BCUT2D eigenvalue weighted by atomic mass is 32.1. The standard InChI is InChI=1S/C11H11N3S/c1-7-14-11(6-15-7)8-2-3-10(13)9(4-8)5-12/h2-6,12H,13H2,1H3. The molecule has 2 aromatic rings. The lowest BCUT2D eigenvalue weighted by Gasteiger charge is -2.02. The van der Waals surface area contributed by atoms with Crippen LogP contribution in [0.4, 0.5) is 5.69 Å². The van der Waals surface area contributed by atoms with Gasteiger partial charge in [-0.1, -0.05) is 6.07 Å². The molecule has 0 fully saturated rings. The maximum Gasteiger partial charge on any atom is 0.0901 e. The molecule has 1 aromatic carbocycles. The second kappa shape index (κ2) is 3.82. The third-order valence-corrected chi connectivity index (χ3v) is 2.93. The van der Waals surface area contributed by atoms with Crippen LogP contribution in [0.3, 0.4) is 0 Å². The molecule has 0 aliphatic carbocycles. The molecule has 76 valence electrons. The Kier molecular flexibility index (Phi) is 2.51. The van der Waals surface area contributed by atoms with Crippen molar-refractivity contribution in [2.24, 2.45) is 0 Å². The lowest BCUT2D eigenvalue weighted by atomic mass is 10.1. The fourth-order valence-electron chi connectivity index (χ4n) is 1.36. The summed E-state index contributed by atoms with van der Waals surface area (Å²) in [5.74, 6) is 0. The summed E-state index contributed by atoms with van der Waals surface area (Å²) in [6, 6.07) is 5.62. The van der Waals surface area contributed by atoms with E-state index in [0.29, 0.717) is 5.69 Å². The second-order valence-electron chi connectivity index (χ2n) is 3.24. The third-order valence-electron chi connectivity index (χ3n) is 2.16. The Morgan fingerprint density at radius 2 is 2.27 bits per heavy atom. The summed E-state index contributed by atoms with van der Waals surface area (Å²) in [5, 5.41) is 10.3. The van der Waals surface area contributed by atoms with Gasteiger partial charge in [0.25, 0.3) is 0 Å². The molecule has 0 saturated heterocycles. The first-order valence-electron chi connectivity index (χ1n) is 4.53. The first-order chi connectivity index (χ1) is 7.20. The van der Waals surface area contributed by atoms with Crippen molar-refractivity contribution in [3.63, 3.8) is 0 Å². The molecule has 0 saturated carbocycles. The average Bonchev–Trinajstić information content (AvgIpc) is 2.66. The van der Waals surface area contributed by atoms with Crippen molar-refractivity contribution in [2.75, 3.05) is 5.73 Å². The lowest BCUT2D eigenvalue weighted by molar-refractivity contribution is 1.30. The van der Waals surface area contributed by atoms with Gasteiger partial charge in [-0.05, 0) is 19.1 Å². The van der Waals surface area contributed by atoms with E-state index in [1.807, 2.05) is 30.5 Å². The van der Waals surface area contributed by atoms with Crippen LogP contribution in [-0.4, -0.2) is 11.2 Å². The van der Waals surface area contributed by atoms with Crippen molar-refractivity contribution < 1.29 is 0 Å². The topological polar surface area (TPSA) is 62.8 Å². The maximum atomic E-state index is 7.23. The zero-order valence-corrected chi connectivity index (χ0v) is 9.14. The van der Waals surface area contributed by atoms with Crippen LogP contribution in [0.2, 0.25) is 0 Å². The monoisotopic (exact) mass is 217 g/mol. The Morgan fingerprint density at radius 1 is 1.47 bits per heavy atom. The largest absolute Gasteiger partial charge is 0.398 e. The Labute approximate surface area is 92.1 Å². The van der Waals surface area contributed by atoms with E-state index in [2.05, 4.69) is 4.98 Å². The van der Waals surface area contributed by atoms with Gasteiger partial charge >= 0.3 is 0 Å². The summed E-state index contributed by atoms with van der Waals surface area (Å²) in [7, 11) is 0. The molecule has 1 heterocycles. The molecule has 0 aliphatic rings. The Bertz CT molecular complexity index is 502. The van der Waals surface area contributed by atoms with Crippen LogP contribution in [-0.2, 0) is 0 Å². The molecule has 0 amide bonds. The van der Waals surface area contributed by atoms with Crippen LogP contribution in [0.5, 0.6) is 0 Å². The van der Waals surface area contributed by atoms with E-state index >= 15 is 0 Å². The summed E-state index contributed by atoms with van der Waals surface area (Å²) < 4.78 is 0. The van der Waals surface area contributed by atoms with Crippen molar-refractivity contribution in [3.8, 4) is 11.3 Å². The number of nitrogens with one attached hydrogen (secondary N) is 1. The van der Waals surface area contributed by atoms with Crippen LogP contribution < -0.4 is 5.73 Å². The number of nitrogens with two attached hydrogens (primary N) is 1. The number of nitrogens with zero attached hydrogens (tertiary/aromatic N) is 1. The SMILES string of the molecule is Cc1nc(-c2ccc(N)c(C=N)c2)cs1. The third kappa shape index (κ3) is 1.89. The van der Waals surface area contributed by atoms with Gasteiger partial charge in [0.15, 0.2) is 0 Å². The van der Waals surface area contributed by atoms with Gasteiger partial charge in [0.05, 0.1) is 10.7 Å². The van der Waals surface area contributed by atoms with Crippen molar-refractivity contribution in [2.45, 2.75) is 6.92 Å². The summed E-state index contributed by atoms with van der Waals surface area (Å²) in [6.45, 7) is 1.98. The minimum atomic E-state index is 0.626. The van der Waals surface area contributed by atoms with Gasteiger partial charge in [-0.2, -0.15) is 0 Å². The number of anilines is 1. The zero-order valence-electron chi connectivity index (χ0n) is 8.32. The molecule has 1 aromatic heterocycles. The fourth-order valence-corrected chi connectivity index (χ4v) is 1.98. The normalized spacial score (nSPS) is 10.2. The molecule has 0 aliphatic heterocycles. The van der Waals surface area contributed by atoms with Gasteiger partial charge in [-0.25, -0.2) is 4.98 Å². The number of aryl methyl sites for hydroxylation is 1. The summed E-state index contributed by atoms with van der Waals surface area (Å²) in [6.07, 6.45) is 1.26. The highest BCUT2D eigenvalue weighted by Gasteiger charge is 2.04. The Hall–Kier alpha value is -1.68. The molecular weight excluding hydrogens is 206 g/mol. The van der Waals surface area contributed by atoms with Gasteiger partial charge < -0.3 is 11.1 Å². The highest BCUT2D eigenvalue weighted by molar-refractivity contribution is 7.09. The van der Waals surface area contributed by atoms with E-state index < -0.39 is 0 Å². The molecular formula is C11H11N3S. The van der Waals surface area contributed by atoms with Crippen molar-refractivity contribution in [1.29, 1.82) is 5.41 Å². The smallest absolute Gasteiger partial charge is 0.0901 e. The fraction of sp³-hybridized carbons (Fsp3) is 0.0909. The maximum absolute atomic E-state index is 7.23. The number of benzene rings is 1. The summed E-state index contributed by atoms with van der Waals surface area (Å²) in [5.41, 5.74) is 9.03. The Morgan fingerprint density at radius 3 is 2.87 bits per heavy atom. The zero-order chi connectivity index (χ0) is 10.8. The van der Waals surface area contributed by atoms with E-state index in [0.717, 1.165) is 21.8 Å². The molecule has 0 bridgehead atoms. The van der Waals surface area contributed by atoms with Crippen LogP contribution >= 0.6 is 11.3 Å². The van der Waals surface area contributed by atoms with E-state index in [9.17, 15) is 0 Å². The van der Waals surface area contributed by atoms with Gasteiger partial charge in [0.1, 0.15) is 0 Å². The van der Waals surface area contributed by atoms with E-state index in [4.69, 9.17) is 11.1 Å². The number of hydrogen-bond acceptors (Lipinski definition) is 4. The second-order valence-corrected chi connectivity index (χ2v) is 4.30. The van der Waals surface area contributed by atoms with Crippen LogP contribution in [0, 0.1) is 12.3 Å². The first-order valence-corrected chi connectivity index (χ1v) is 5.41. The number of rotatable bonds is 2. The predicted octanol–water partition coefficient (Wildman–Crippen LogP) is 2.70. The molecule has 0 spiro atoms. The molecule has 15 heavy (non-hydrogen) atoms. The molecule has 0 atom stereocenters. The van der Waals surface area contributed by atoms with Gasteiger partial charge in [-0.3, -0.25) is 0 Å². The van der Waals surface area contributed by atoms with Gasteiger partial charge in [-0.15, -0.1) is 11.3 Å². The van der Waals surface area contributed by atoms with E-state index in [-0.39, 0.29) is 0 Å². The molecule has 3 N–H and O–H groups in total. The van der Waals surface area contributed by atoms with Crippen LogP contribution in [0.25, 0.3) is 11.3 Å². The van der Waals surface area contributed by atoms with Crippen molar-refractivity contribution >= 4 is 23.2 Å². The summed E-state index contributed by atoms with van der Waals surface area (Å²) in [4.78, 5) is 4.39. The molecule has 2 rings (SSSR count). The first kappa shape index (κ1) is 9.86. The molecule has 4 heteroatoms. The molecule has 0 unspecified atom stereocenters. The van der Waals surface area contributed by atoms with Crippen molar-refractivity contribution in [3.05, 3.63) is 34.2 Å². The number of thiazole rings is 1. The lowest BCUT2D eigenvalue weighted by Crippen LogP contribution is -1.93. The van der Waals surface area contributed by atoms with Gasteiger partial charge in [0, 0.05) is 28.4 Å². The van der Waals surface area contributed by atoms with Crippen LogP contribution in [0.15, 0.2) is 23.6 Å². The van der Waals surface area contributed by atoms with Gasteiger partial charge in [0.2, 0.25) is 0 Å². The van der Waals surface area contributed by atoms with Crippen LogP contribution in [0.1, 0.15) is 10.6 Å². The predicted molar refractivity (Wildman–Crippen MR) is 64.6 cm³/mol.